The van der Waals surface area contributed by atoms with Crippen LogP contribution in [0.4, 0.5) is 5.69 Å². The van der Waals surface area contributed by atoms with E-state index in [1.54, 1.807) is 35.6 Å². The lowest BCUT2D eigenvalue weighted by Crippen LogP contribution is -2.44. The second-order valence-corrected chi connectivity index (χ2v) is 12.2. The highest BCUT2D eigenvalue weighted by Gasteiger charge is 2.45. The minimum atomic E-state index is -1.08. The zero-order valence-corrected chi connectivity index (χ0v) is 25.4. The van der Waals surface area contributed by atoms with Gasteiger partial charge in [-0.05, 0) is 80.1 Å². The summed E-state index contributed by atoms with van der Waals surface area (Å²) in [6.07, 6.45) is 3.74. The highest BCUT2D eigenvalue weighted by molar-refractivity contribution is 6.16. The number of hydrogen-bond acceptors (Lipinski definition) is 5. The van der Waals surface area contributed by atoms with Crippen molar-refractivity contribution < 1.29 is 14.0 Å². The van der Waals surface area contributed by atoms with E-state index in [2.05, 4.69) is 46.3 Å². The molecule has 1 aliphatic heterocycles. The molecule has 0 bridgehead atoms. The minimum absolute atomic E-state index is 0.0628. The van der Waals surface area contributed by atoms with Crippen molar-refractivity contribution in [2.75, 3.05) is 18.0 Å². The van der Waals surface area contributed by atoms with Crippen molar-refractivity contribution in [3.05, 3.63) is 99.8 Å². The van der Waals surface area contributed by atoms with E-state index in [1.807, 2.05) is 39.1 Å². The topological polar surface area (TPSA) is 91.6 Å². The Bertz CT molecular complexity index is 1910. The molecule has 8 heteroatoms. The van der Waals surface area contributed by atoms with Gasteiger partial charge in [0.15, 0.2) is 5.78 Å². The number of Topliss-reactive ketones (excluding diaryl/α,β-unsaturated/α-hetero) is 1. The number of aryl methyl sites for hydroxylation is 1. The first kappa shape index (κ1) is 28.7. The molecule has 1 atom stereocenters. The number of aromatic amines is 1. The highest BCUT2D eigenvalue weighted by atomic mass is 16.3. The molecule has 3 aromatic heterocycles. The number of nitrogens with zero attached hydrogens (tertiary/aromatic N) is 3. The highest BCUT2D eigenvalue weighted by Crippen LogP contribution is 2.40. The molecule has 0 radical (unpaired) electrons. The summed E-state index contributed by atoms with van der Waals surface area (Å²) in [5.41, 5.74) is 4.44. The number of nitrogens with one attached hydrogen (secondary N) is 1. The lowest BCUT2D eigenvalue weighted by Gasteiger charge is -2.28. The summed E-state index contributed by atoms with van der Waals surface area (Å²) in [4.78, 5) is 47.4. The maximum Gasteiger partial charge on any atom is 0.261 e. The van der Waals surface area contributed by atoms with Gasteiger partial charge >= 0.3 is 0 Å². The van der Waals surface area contributed by atoms with Crippen molar-refractivity contribution in [2.24, 2.45) is 5.41 Å². The van der Waals surface area contributed by atoms with Gasteiger partial charge in [-0.1, -0.05) is 31.2 Å². The number of rotatable bonds is 8. The molecule has 8 nitrogen and oxygen atoms in total. The van der Waals surface area contributed by atoms with Crippen molar-refractivity contribution in [1.82, 2.24) is 14.5 Å². The molecule has 5 aromatic rings. The summed E-state index contributed by atoms with van der Waals surface area (Å²) in [7, 11) is 0. The molecule has 1 aliphatic rings. The van der Waals surface area contributed by atoms with E-state index in [-0.39, 0.29) is 17.2 Å². The number of ketones is 1. The van der Waals surface area contributed by atoms with E-state index >= 15 is 0 Å². The Morgan fingerprint density at radius 1 is 0.977 bits per heavy atom. The predicted octanol–water partition coefficient (Wildman–Crippen LogP) is 6.15. The Morgan fingerprint density at radius 3 is 2.49 bits per heavy atom. The van der Waals surface area contributed by atoms with Crippen LogP contribution in [-0.4, -0.2) is 39.2 Å². The second kappa shape index (κ2) is 11.0. The van der Waals surface area contributed by atoms with Crippen LogP contribution < -0.4 is 10.5 Å². The smallest absolute Gasteiger partial charge is 0.261 e. The number of furan rings is 1. The lowest BCUT2D eigenvalue weighted by molar-refractivity contribution is -0.138. The van der Waals surface area contributed by atoms with Gasteiger partial charge in [-0.2, -0.15) is 0 Å². The molecule has 2 aromatic carbocycles. The summed E-state index contributed by atoms with van der Waals surface area (Å²) in [5.74, 6) is 0.0915. The first-order chi connectivity index (χ1) is 20.6. The van der Waals surface area contributed by atoms with Crippen LogP contribution in [0.1, 0.15) is 56.1 Å². The van der Waals surface area contributed by atoms with Crippen LogP contribution in [0.2, 0.25) is 0 Å². The fraction of sp³-hybridized carbons (Fsp3) is 0.343. The molecule has 0 fully saturated rings. The van der Waals surface area contributed by atoms with Crippen LogP contribution in [0.5, 0.6) is 0 Å². The Hall–Kier alpha value is -4.43. The monoisotopic (exact) mass is 578 g/mol. The van der Waals surface area contributed by atoms with Gasteiger partial charge in [0, 0.05) is 62.2 Å². The maximum absolute atomic E-state index is 13.4. The van der Waals surface area contributed by atoms with Crippen LogP contribution >= 0.6 is 0 Å². The first-order valence-corrected chi connectivity index (χ1v) is 14.9. The Balaban J connectivity index is 1.32. The standard InChI is InChI=1S/C35H38N4O4/c1-6-39-30-10-8-24(18-27(30)23(3)32(40)35(4,5)34(39)42)20-37(21-25-7-9-26-11-13-36-29(26)19-25)15-16-38-14-12-31-28(33(38)41)17-22(2)43-31/h7-14,17-19,23,36H,6,15-16,20-21H2,1-5H3. The Kier molecular flexibility index (Phi) is 7.34. The molecule has 0 spiro atoms. The van der Waals surface area contributed by atoms with Gasteiger partial charge in [0.1, 0.15) is 16.8 Å². The van der Waals surface area contributed by atoms with Gasteiger partial charge < -0.3 is 18.9 Å². The molecule has 0 saturated heterocycles. The third-order valence-corrected chi connectivity index (χ3v) is 8.82. The largest absolute Gasteiger partial charge is 0.461 e. The van der Waals surface area contributed by atoms with E-state index in [0.29, 0.717) is 49.5 Å². The van der Waals surface area contributed by atoms with E-state index < -0.39 is 11.3 Å². The van der Waals surface area contributed by atoms with Gasteiger partial charge in [0.05, 0.1) is 5.39 Å². The van der Waals surface area contributed by atoms with Gasteiger partial charge in [-0.3, -0.25) is 19.3 Å². The van der Waals surface area contributed by atoms with Crippen LogP contribution in [0.15, 0.2) is 76.2 Å². The van der Waals surface area contributed by atoms with Crippen molar-refractivity contribution >= 4 is 39.2 Å². The minimum Gasteiger partial charge on any atom is -0.461 e. The molecular formula is C35H38N4O4. The quantitative estimate of drug-likeness (QED) is 0.223. The van der Waals surface area contributed by atoms with Gasteiger partial charge in [-0.25, -0.2) is 0 Å². The van der Waals surface area contributed by atoms with E-state index in [4.69, 9.17) is 4.42 Å². The Labute approximate surface area is 250 Å². The molecule has 1 N–H and O–H groups in total. The molecular weight excluding hydrogens is 540 g/mol. The molecule has 0 aliphatic carbocycles. The van der Waals surface area contributed by atoms with Crippen LogP contribution in [0.25, 0.3) is 21.9 Å². The van der Waals surface area contributed by atoms with Gasteiger partial charge in [0.25, 0.3) is 5.56 Å². The van der Waals surface area contributed by atoms with Crippen LogP contribution in [0.3, 0.4) is 0 Å². The van der Waals surface area contributed by atoms with Crippen molar-refractivity contribution in [2.45, 2.75) is 60.2 Å². The maximum atomic E-state index is 13.4. The number of carbonyl (C=O) groups excluding carboxylic acids is 2. The summed E-state index contributed by atoms with van der Waals surface area (Å²) in [6, 6.07) is 18.2. The number of fused-ring (bicyclic) bond motifs is 3. The van der Waals surface area contributed by atoms with Crippen molar-refractivity contribution in [3.63, 3.8) is 0 Å². The van der Waals surface area contributed by atoms with Gasteiger partial charge in [-0.15, -0.1) is 0 Å². The number of hydrogen-bond donors (Lipinski definition) is 1. The van der Waals surface area contributed by atoms with Crippen molar-refractivity contribution in [1.29, 1.82) is 0 Å². The molecule has 1 amide bonds. The molecule has 1 unspecified atom stereocenters. The third-order valence-electron chi connectivity index (χ3n) is 8.82. The fourth-order valence-electron chi connectivity index (χ4n) is 6.40. The number of benzene rings is 2. The molecule has 43 heavy (non-hydrogen) atoms. The normalized spacial score (nSPS) is 16.8. The number of amides is 1. The SMILES string of the molecule is CCN1C(=O)C(C)(C)C(=O)C(C)c2cc(CN(CCn3ccc4oc(C)cc4c3=O)Cc3ccc4cc[nH]c4c3)ccc21. The summed E-state index contributed by atoms with van der Waals surface area (Å²) < 4.78 is 7.39. The number of H-pyrrole nitrogens is 1. The molecule has 6 rings (SSSR count). The van der Waals surface area contributed by atoms with E-state index in [1.165, 1.54) is 0 Å². The average Bonchev–Trinajstić information content (AvgIpc) is 3.61. The van der Waals surface area contributed by atoms with Crippen LogP contribution in [-0.2, 0) is 29.2 Å². The zero-order valence-electron chi connectivity index (χ0n) is 25.4. The summed E-state index contributed by atoms with van der Waals surface area (Å²) in [6.45, 7) is 12.1. The zero-order chi connectivity index (χ0) is 30.5. The van der Waals surface area contributed by atoms with Gasteiger partial charge in [0.2, 0.25) is 5.91 Å². The average molecular weight is 579 g/mol. The van der Waals surface area contributed by atoms with Crippen LogP contribution in [0, 0.1) is 12.3 Å². The number of carbonyl (C=O) groups is 2. The molecule has 0 saturated carbocycles. The number of pyridine rings is 1. The van der Waals surface area contributed by atoms with E-state index in [0.717, 1.165) is 33.3 Å². The summed E-state index contributed by atoms with van der Waals surface area (Å²) >= 11 is 0. The third kappa shape index (κ3) is 5.20. The fourth-order valence-corrected chi connectivity index (χ4v) is 6.40. The molecule has 222 valence electrons. The van der Waals surface area contributed by atoms with E-state index in [9.17, 15) is 14.4 Å². The predicted molar refractivity (Wildman–Crippen MR) is 169 cm³/mol. The van der Waals surface area contributed by atoms with Crippen molar-refractivity contribution in [3.8, 4) is 0 Å². The number of aromatic nitrogens is 2. The lowest BCUT2D eigenvalue weighted by atomic mass is 9.79. The summed E-state index contributed by atoms with van der Waals surface area (Å²) in [5, 5.41) is 1.75. The second-order valence-electron chi connectivity index (χ2n) is 12.2. The first-order valence-electron chi connectivity index (χ1n) is 14.9. The molecule has 4 heterocycles. The Morgan fingerprint density at radius 2 is 1.72 bits per heavy atom. The number of anilines is 1.